The van der Waals surface area contributed by atoms with E-state index >= 15 is 0 Å². The fourth-order valence-corrected chi connectivity index (χ4v) is 3.64. The maximum atomic E-state index is 12.5. The summed E-state index contributed by atoms with van der Waals surface area (Å²) in [4.78, 5) is 17.2. The Bertz CT molecular complexity index is 1200. The lowest BCUT2D eigenvalue weighted by Crippen LogP contribution is -2.27. The van der Waals surface area contributed by atoms with E-state index < -0.39 is 0 Å². The predicted octanol–water partition coefficient (Wildman–Crippen LogP) is 3.47. The molecule has 0 spiro atoms. The first kappa shape index (κ1) is 19.1. The van der Waals surface area contributed by atoms with E-state index in [1.165, 1.54) is 16.3 Å². The monoisotopic (exact) mass is 388 g/mol. The molecule has 2 aromatic heterocycles. The van der Waals surface area contributed by atoms with Crippen LogP contribution in [0.1, 0.15) is 32.9 Å². The highest BCUT2D eigenvalue weighted by Gasteiger charge is 2.18. The first-order chi connectivity index (χ1) is 14.1. The molecule has 0 atom stereocenters. The van der Waals surface area contributed by atoms with Gasteiger partial charge in [-0.2, -0.15) is 5.10 Å². The van der Waals surface area contributed by atoms with Gasteiger partial charge in [0.2, 0.25) is 0 Å². The topological polar surface area (TPSA) is 68.5 Å². The van der Waals surface area contributed by atoms with Crippen LogP contribution >= 0.6 is 0 Å². The van der Waals surface area contributed by atoms with E-state index in [4.69, 9.17) is 9.72 Å². The SMILES string of the molecule is COCCNC(=O)c1cnn2c(C)c(Cc3ccc4ccccc4c3)c(C)nc12. The van der Waals surface area contributed by atoms with E-state index in [9.17, 15) is 4.79 Å². The summed E-state index contributed by atoms with van der Waals surface area (Å²) in [6, 6.07) is 14.9. The summed E-state index contributed by atoms with van der Waals surface area (Å²) in [5.41, 5.74) is 5.32. The fourth-order valence-electron chi connectivity index (χ4n) is 3.64. The zero-order valence-corrected chi connectivity index (χ0v) is 16.9. The molecule has 1 N–H and O–H groups in total. The number of aryl methyl sites for hydroxylation is 2. The molecule has 0 bridgehead atoms. The molecule has 0 aliphatic heterocycles. The van der Waals surface area contributed by atoms with Gasteiger partial charge in [-0.25, -0.2) is 9.50 Å². The van der Waals surface area contributed by atoms with Crippen molar-refractivity contribution in [3.8, 4) is 0 Å². The minimum atomic E-state index is -0.189. The Morgan fingerprint density at radius 1 is 1.14 bits per heavy atom. The number of nitrogens with one attached hydrogen (secondary N) is 1. The molecule has 0 fully saturated rings. The maximum absolute atomic E-state index is 12.5. The highest BCUT2D eigenvalue weighted by molar-refractivity contribution is 5.99. The predicted molar refractivity (Wildman–Crippen MR) is 113 cm³/mol. The fraction of sp³-hybridized carbons (Fsp3) is 0.261. The quantitative estimate of drug-likeness (QED) is 0.514. The molecular formula is C23H24N4O2. The number of aromatic nitrogens is 3. The average molecular weight is 388 g/mol. The minimum Gasteiger partial charge on any atom is -0.383 e. The van der Waals surface area contributed by atoms with Crippen molar-refractivity contribution >= 4 is 22.3 Å². The molecule has 2 heterocycles. The van der Waals surface area contributed by atoms with Gasteiger partial charge in [0.05, 0.1) is 12.8 Å². The van der Waals surface area contributed by atoms with Crippen molar-refractivity contribution in [1.29, 1.82) is 0 Å². The summed E-state index contributed by atoms with van der Waals surface area (Å²) >= 11 is 0. The number of ether oxygens (including phenoxy) is 1. The normalized spacial score (nSPS) is 11.3. The molecule has 1 amide bonds. The van der Waals surface area contributed by atoms with Crippen molar-refractivity contribution in [2.45, 2.75) is 20.3 Å². The van der Waals surface area contributed by atoms with Gasteiger partial charge in [0.15, 0.2) is 5.65 Å². The van der Waals surface area contributed by atoms with Gasteiger partial charge < -0.3 is 10.1 Å². The lowest BCUT2D eigenvalue weighted by molar-refractivity contribution is 0.0938. The van der Waals surface area contributed by atoms with E-state index in [1.807, 2.05) is 13.8 Å². The smallest absolute Gasteiger partial charge is 0.256 e. The summed E-state index contributed by atoms with van der Waals surface area (Å²) in [5.74, 6) is -0.189. The van der Waals surface area contributed by atoms with Crippen molar-refractivity contribution in [2.75, 3.05) is 20.3 Å². The number of rotatable bonds is 6. The van der Waals surface area contributed by atoms with Crippen molar-refractivity contribution < 1.29 is 9.53 Å². The Hall–Kier alpha value is -3.25. The number of fused-ring (bicyclic) bond motifs is 2. The molecule has 6 heteroatoms. The first-order valence-electron chi connectivity index (χ1n) is 9.67. The second kappa shape index (κ2) is 8.01. The van der Waals surface area contributed by atoms with Gasteiger partial charge in [-0.15, -0.1) is 0 Å². The van der Waals surface area contributed by atoms with Crippen molar-refractivity contribution in [3.05, 3.63) is 76.7 Å². The summed E-state index contributed by atoms with van der Waals surface area (Å²) in [7, 11) is 1.60. The highest BCUT2D eigenvalue weighted by atomic mass is 16.5. The number of carbonyl (C=O) groups excluding carboxylic acids is 1. The number of benzene rings is 2. The summed E-state index contributed by atoms with van der Waals surface area (Å²) < 4.78 is 6.74. The van der Waals surface area contributed by atoms with E-state index in [2.05, 4.69) is 52.9 Å². The van der Waals surface area contributed by atoms with Crippen LogP contribution in [0.5, 0.6) is 0 Å². The van der Waals surface area contributed by atoms with Crippen molar-refractivity contribution in [3.63, 3.8) is 0 Å². The van der Waals surface area contributed by atoms with Crippen LogP contribution in [0.15, 0.2) is 48.7 Å². The minimum absolute atomic E-state index is 0.189. The Morgan fingerprint density at radius 2 is 1.93 bits per heavy atom. The molecule has 0 unspecified atom stereocenters. The average Bonchev–Trinajstić information content (AvgIpc) is 3.15. The molecule has 4 rings (SSSR count). The third-order valence-electron chi connectivity index (χ3n) is 5.24. The Balaban J connectivity index is 1.67. The third-order valence-corrected chi connectivity index (χ3v) is 5.24. The van der Waals surface area contributed by atoms with Gasteiger partial charge in [0.25, 0.3) is 5.91 Å². The van der Waals surface area contributed by atoms with Crippen LogP contribution < -0.4 is 5.32 Å². The molecule has 6 nitrogen and oxygen atoms in total. The lowest BCUT2D eigenvalue weighted by Gasteiger charge is -2.12. The molecule has 0 radical (unpaired) electrons. The lowest BCUT2D eigenvalue weighted by atomic mass is 9.99. The highest BCUT2D eigenvalue weighted by Crippen LogP contribution is 2.22. The zero-order chi connectivity index (χ0) is 20.4. The second-order valence-electron chi connectivity index (χ2n) is 7.16. The number of hydrogen-bond acceptors (Lipinski definition) is 4. The molecule has 0 saturated heterocycles. The number of carbonyl (C=O) groups is 1. The maximum Gasteiger partial charge on any atom is 0.256 e. The first-order valence-corrected chi connectivity index (χ1v) is 9.67. The number of methoxy groups -OCH3 is 1. The van der Waals surface area contributed by atoms with Crippen LogP contribution in [-0.2, 0) is 11.2 Å². The van der Waals surface area contributed by atoms with Crippen LogP contribution in [0, 0.1) is 13.8 Å². The summed E-state index contributed by atoms with van der Waals surface area (Å²) in [6.07, 6.45) is 2.34. The third kappa shape index (κ3) is 3.71. The Morgan fingerprint density at radius 3 is 2.72 bits per heavy atom. The number of amides is 1. The Labute approximate surface area is 169 Å². The van der Waals surface area contributed by atoms with Gasteiger partial charge in [-0.3, -0.25) is 4.79 Å². The molecule has 4 aromatic rings. The van der Waals surface area contributed by atoms with Crippen LogP contribution in [0.4, 0.5) is 0 Å². The molecule has 0 aliphatic carbocycles. The molecule has 0 saturated carbocycles. The number of hydrogen-bond donors (Lipinski definition) is 1. The van der Waals surface area contributed by atoms with Gasteiger partial charge in [0, 0.05) is 31.5 Å². The van der Waals surface area contributed by atoms with Gasteiger partial charge in [-0.05, 0) is 35.7 Å². The van der Waals surface area contributed by atoms with E-state index in [0.717, 1.165) is 23.4 Å². The standard InChI is InChI=1S/C23H24N4O2/c1-15-20(13-17-8-9-18-6-4-5-7-19(18)12-17)16(2)27-22(26-15)21(14-25-27)23(28)24-10-11-29-3/h4-9,12,14H,10-11,13H2,1-3H3,(H,24,28). The van der Waals surface area contributed by atoms with Gasteiger partial charge >= 0.3 is 0 Å². The summed E-state index contributed by atoms with van der Waals surface area (Å²) in [6.45, 7) is 4.93. The molecule has 2 aromatic carbocycles. The molecule has 29 heavy (non-hydrogen) atoms. The molecule has 0 aliphatic rings. The van der Waals surface area contributed by atoms with Crippen molar-refractivity contribution in [1.82, 2.24) is 19.9 Å². The van der Waals surface area contributed by atoms with Gasteiger partial charge in [0.1, 0.15) is 5.56 Å². The van der Waals surface area contributed by atoms with Crippen LogP contribution in [0.3, 0.4) is 0 Å². The summed E-state index contributed by atoms with van der Waals surface area (Å²) in [5, 5.41) is 9.71. The molecular weight excluding hydrogens is 364 g/mol. The van der Waals surface area contributed by atoms with Crippen molar-refractivity contribution in [2.24, 2.45) is 0 Å². The van der Waals surface area contributed by atoms with E-state index in [1.54, 1.807) is 17.8 Å². The Kier molecular flexibility index (Phi) is 5.27. The number of nitrogens with zero attached hydrogens (tertiary/aromatic N) is 3. The van der Waals surface area contributed by atoms with Crippen LogP contribution in [0.2, 0.25) is 0 Å². The largest absolute Gasteiger partial charge is 0.383 e. The van der Waals surface area contributed by atoms with Gasteiger partial charge in [-0.1, -0.05) is 42.5 Å². The van der Waals surface area contributed by atoms with Crippen LogP contribution in [-0.4, -0.2) is 40.8 Å². The van der Waals surface area contributed by atoms with E-state index in [0.29, 0.717) is 24.4 Å². The molecule has 148 valence electrons. The van der Waals surface area contributed by atoms with E-state index in [-0.39, 0.29) is 5.91 Å². The zero-order valence-electron chi connectivity index (χ0n) is 16.9. The van der Waals surface area contributed by atoms with Crippen LogP contribution in [0.25, 0.3) is 16.4 Å². The second-order valence-corrected chi connectivity index (χ2v) is 7.16.